The number of anilines is 1. The van der Waals surface area contributed by atoms with E-state index < -0.39 is 11.9 Å². The molecule has 1 aromatic rings. The molecule has 1 amide bonds. The molecule has 0 radical (unpaired) electrons. The largest absolute Gasteiger partial charge is 0.481 e. The fourth-order valence-corrected chi connectivity index (χ4v) is 1.94. The summed E-state index contributed by atoms with van der Waals surface area (Å²) >= 11 is 0. The molecule has 1 atom stereocenters. The van der Waals surface area contributed by atoms with E-state index in [-0.39, 0.29) is 11.8 Å². The molecular weight excluding hydrogens is 234 g/mol. The maximum absolute atomic E-state index is 10.9. The van der Waals surface area contributed by atoms with Crippen LogP contribution in [0.5, 0.6) is 0 Å². The molecule has 0 aliphatic carbocycles. The Labute approximate surface area is 104 Å². The second kappa shape index (κ2) is 4.64. The monoisotopic (exact) mass is 249 g/mol. The fourth-order valence-electron chi connectivity index (χ4n) is 1.94. The number of hydrogen-bond donors (Lipinski definition) is 2. The summed E-state index contributed by atoms with van der Waals surface area (Å²) in [5.74, 6) is -0.716. The highest BCUT2D eigenvalue weighted by atomic mass is 16.4. The maximum atomic E-state index is 10.9. The van der Waals surface area contributed by atoms with Gasteiger partial charge in [-0.1, -0.05) is 6.92 Å². The Balaban J connectivity index is 1.96. The number of carbonyl (C=O) groups is 2. The molecule has 3 N–H and O–H groups in total. The lowest BCUT2D eigenvalue weighted by Gasteiger charge is -2.42. The summed E-state index contributed by atoms with van der Waals surface area (Å²) in [6.07, 6.45) is 1.44. The lowest BCUT2D eigenvalue weighted by Crippen LogP contribution is -2.51. The average molecular weight is 249 g/mol. The van der Waals surface area contributed by atoms with Crippen LogP contribution in [0.3, 0.4) is 0 Å². The van der Waals surface area contributed by atoms with Crippen LogP contribution in [0.25, 0.3) is 0 Å². The topological polar surface area (TPSA) is 96.5 Å². The van der Waals surface area contributed by atoms with Crippen LogP contribution < -0.4 is 10.6 Å². The summed E-state index contributed by atoms with van der Waals surface area (Å²) in [6.45, 7) is 3.07. The molecule has 0 bridgehead atoms. The summed E-state index contributed by atoms with van der Waals surface area (Å²) in [5.41, 5.74) is 5.49. The van der Waals surface area contributed by atoms with Crippen molar-refractivity contribution >= 4 is 17.7 Å². The lowest BCUT2D eigenvalue weighted by atomic mass is 9.87. The summed E-state index contributed by atoms with van der Waals surface area (Å²) in [7, 11) is 0. The number of nitrogens with zero attached hydrogens (tertiary/aromatic N) is 2. The number of nitrogens with two attached hydrogens (primary N) is 1. The van der Waals surface area contributed by atoms with Gasteiger partial charge in [-0.05, 0) is 12.1 Å². The summed E-state index contributed by atoms with van der Waals surface area (Å²) in [5, 5.41) is 8.89. The van der Waals surface area contributed by atoms with Crippen LogP contribution in [0.4, 0.5) is 5.82 Å². The fraction of sp³-hybridized carbons (Fsp3) is 0.417. The number of carboxylic acid groups (broad SMARTS) is 1. The Hall–Kier alpha value is -2.11. The van der Waals surface area contributed by atoms with Crippen molar-refractivity contribution in [1.29, 1.82) is 0 Å². The van der Waals surface area contributed by atoms with Crippen LogP contribution in [-0.4, -0.2) is 35.1 Å². The van der Waals surface area contributed by atoms with Gasteiger partial charge < -0.3 is 15.7 Å². The van der Waals surface area contributed by atoms with Crippen molar-refractivity contribution in [2.24, 2.45) is 17.6 Å². The first-order valence-electron chi connectivity index (χ1n) is 5.72. The molecule has 0 aromatic carbocycles. The number of aliphatic carboxylic acids is 1. The van der Waals surface area contributed by atoms with Gasteiger partial charge >= 0.3 is 5.97 Å². The van der Waals surface area contributed by atoms with Gasteiger partial charge in [-0.25, -0.2) is 4.98 Å². The summed E-state index contributed by atoms with van der Waals surface area (Å²) < 4.78 is 0. The van der Waals surface area contributed by atoms with Gasteiger partial charge in [-0.2, -0.15) is 0 Å². The molecule has 6 nitrogen and oxygen atoms in total. The Kier molecular flexibility index (Phi) is 3.18. The molecule has 18 heavy (non-hydrogen) atoms. The van der Waals surface area contributed by atoms with Crippen LogP contribution >= 0.6 is 0 Å². The van der Waals surface area contributed by atoms with Gasteiger partial charge in [-0.3, -0.25) is 9.59 Å². The van der Waals surface area contributed by atoms with Crippen molar-refractivity contribution < 1.29 is 14.7 Å². The third-order valence-corrected chi connectivity index (χ3v) is 3.36. The smallest absolute Gasteiger partial charge is 0.306 e. The van der Waals surface area contributed by atoms with E-state index in [9.17, 15) is 9.59 Å². The number of hydrogen-bond acceptors (Lipinski definition) is 4. The predicted octanol–water partition coefficient (Wildman–Crippen LogP) is 0.337. The predicted molar refractivity (Wildman–Crippen MR) is 65.3 cm³/mol. The molecule has 2 heterocycles. The number of primary amides is 1. The van der Waals surface area contributed by atoms with Gasteiger partial charge in [0, 0.05) is 25.2 Å². The van der Waals surface area contributed by atoms with Crippen LogP contribution in [0.2, 0.25) is 0 Å². The highest BCUT2D eigenvalue weighted by molar-refractivity contribution is 5.92. The van der Waals surface area contributed by atoms with E-state index in [1.807, 2.05) is 4.90 Å². The lowest BCUT2D eigenvalue weighted by molar-refractivity contribution is -0.143. The third kappa shape index (κ3) is 2.27. The first-order chi connectivity index (χ1) is 8.49. The Morgan fingerprint density at radius 2 is 2.17 bits per heavy atom. The van der Waals surface area contributed by atoms with E-state index in [1.54, 1.807) is 19.1 Å². The number of pyridine rings is 1. The molecule has 2 rings (SSSR count). The normalized spacial score (nSPS) is 17.1. The maximum Gasteiger partial charge on any atom is 0.306 e. The molecule has 6 heteroatoms. The van der Waals surface area contributed by atoms with Gasteiger partial charge in [0.25, 0.3) is 0 Å². The molecule has 1 unspecified atom stereocenters. The van der Waals surface area contributed by atoms with E-state index in [4.69, 9.17) is 10.8 Å². The number of aromatic nitrogens is 1. The SMILES string of the molecule is CC(C(=O)O)C1CN(c2ccc(C(N)=O)cn2)C1. The minimum atomic E-state index is -0.767. The number of amides is 1. The third-order valence-electron chi connectivity index (χ3n) is 3.36. The van der Waals surface area contributed by atoms with Crippen LogP contribution in [0, 0.1) is 11.8 Å². The van der Waals surface area contributed by atoms with E-state index in [1.165, 1.54) is 6.20 Å². The summed E-state index contributed by atoms with van der Waals surface area (Å²) in [6, 6.07) is 3.35. The highest BCUT2D eigenvalue weighted by Gasteiger charge is 2.35. The van der Waals surface area contributed by atoms with E-state index in [0.717, 1.165) is 5.82 Å². The molecule has 1 saturated heterocycles. The molecular formula is C12H15N3O3. The van der Waals surface area contributed by atoms with Crippen molar-refractivity contribution in [2.45, 2.75) is 6.92 Å². The molecule has 1 aromatic heterocycles. The van der Waals surface area contributed by atoms with Gasteiger partial charge in [0.2, 0.25) is 5.91 Å². The van der Waals surface area contributed by atoms with Gasteiger partial charge in [0.1, 0.15) is 5.82 Å². The van der Waals surface area contributed by atoms with Crippen molar-refractivity contribution in [1.82, 2.24) is 4.98 Å². The zero-order valence-corrected chi connectivity index (χ0v) is 10.0. The number of carbonyl (C=O) groups excluding carboxylic acids is 1. The summed E-state index contributed by atoms with van der Waals surface area (Å²) in [4.78, 5) is 27.8. The van der Waals surface area contributed by atoms with E-state index in [0.29, 0.717) is 18.7 Å². The zero-order valence-electron chi connectivity index (χ0n) is 10.0. The van der Waals surface area contributed by atoms with Crippen LogP contribution in [0.15, 0.2) is 18.3 Å². The Bertz CT molecular complexity index is 466. The first-order valence-corrected chi connectivity index (χ1v) is 5.72. The molecule has 96 valence electrons. The Morgan fingerprint density at radius 3 is 2.61 bits per heavy atom. The first kappa shape index (κ1) is 12.3. The quantitative estimate of drug-likeness (QED) is 0.802. The van der Waals surface area contributed by atoms with Crippen LogP contribution in [0.1, 0.15) is 17.3 Å². The second-order valence-corrected chi connectivity index (χ2v) is 4.56. The van der Waals surface area contributed by atoms with E-state index in [2.05, 4.69) is 4.98 Å². The molecule has 1 aliphatic rings. The van der Waals surface area contributed by atoms with Crippen LogP contribution in [-0.2, 0) is 4.79 Å². The molecule has 0 saturated carbocycles. The molecule has 1 fully saturated rings. The highest BCUT2D eigenvalue weighted by Crippen LogP contribution is 2.28. The standard InChI is InChI=1S/C12H15N3O3/c1-7(12(17)18)9-5-15(6-9)10-3-2-8(4-14-10)11(13)16/h2-4,7,9H,5-6H2,1H3,(H2,13,16)(H,17,18). The van der Waals surface area contributed by atoms with E-state index >= 15 is 0 Å². The van der Waals surface area contributed by atoms with Gasteiger partial charge in [0.15, 0.2) is 0 Å². The van der Waals surface area contributed by atoms with Crippen molar-refractivity contribution in [3.8, 4) is 0 Å². The number of rotatable bonds is 4. The zero-order chi connectivity index (χ0) is 13.3. The van der Waals surface area contributed by atoms with Gasteiger partial charge in [0.05, 0.1) is 11.5 Å². The second-order valence-electron chi connectivity index (χ2n) is 4.56. The van der Waals surface area contributed by atoms with Crippen molar-refractivity contribution in [2.75, 3.05) is 18.0 Å². The van der Waals surface area contributed by atoms with Gasteiger partial charge in [-0.15, -0.1) is 0 Å². The minimum absolute atomic E-state index is 0.153. The van der Waals surface area contributed by atoms with Crippen molar-refractivity contribution in [3.05, 3.63) is 23.9 Å². The molecule has 1 aliphatic heterocycles. The minimum Gasteiger partial charge on any atom is -0.481 e. The number of carboxylic acids is 1. The average Bonchev–Trinajstić information content (AvgIpc) is 2.27. The Morgan fingerprint density at radius 1 is 1.50 bits per heavy atom. The molecule has 0 spiro atoms. The van der Waals surface area contributed by atoms with Crippen molar-refractivity contribution in [3.63, 3.8) is 0 Å².